The summed E-state index contributed by atoms with van der Waals surface area (Å²) >= 11 is 1.12. The zero-order valence-electron chi connectivity index (χ0n) is 18.3. The first-order chi connectivity index (χ1) is 15.5. The van der Waals surface area contributed by atoms with Crippen molar-refractivity contribution in [1.29, 1.82) is 0 Å². The molecule has 1 atom stereocenters. The van der Waals surface area contributed by atoms with Crippen LogP contribution in [0.4, 0.5) is 13.2 Å². The van der Waals surface area contributed by atoms with Gasteiger partial charge in [-0.25, -0.2) is 4.57 Å². The number of nitrogens with zero attached hydrogens (tertiary/aromatic N) is 2. The summed E-state index contributed by atoms with van der Waals surface area (Å²) in [5.74, 6) is -0.0238. The van der Waals surface area contributed by atoms with E-state index in [0.29, 0.717) is 12.1 Å². The first-order valence-corrected chi connectivity index (χ1v) is 13.1. The minimum Gasteiger partial charge on any atom is -0.493 e. The first kappa shape index (κ1) is 27.8. The van der Waals surface area contributed by atoms with Gasteiger partial charge in [-0.15, -0.1) is 5.10 Å². The van der Waals surface area contributed by atoms with Gasteiger partial charge in [0.05, 0.1) is 30.5 Å². The molecule has 1 aliphatic heterocycles. The van der Waals surface area contributed by atoms with Gasteiger partial charge in [-0.3, -0.25) is 4.52 Å². The van der Waals surface area contributed by atoms with Crippen molar-refractivity contribution in [3.05, 3.63) is 29.3 Å². The van der Waals surface area contributed by atoms with Crippen molar-refractivity contribution in [3.8, 4) is 5.75 Å². The molecule has 0 spiro atoms. The van der Waals surface area contributed by atoms with Crippen molar-refractivity contribution in [2.45, 2.75) is 57.7 Å². The molecular formula is C20H29F3N3O5PS. The third kappa shape index (κ3) is 9.76. The van der Waals surface area contributed by atoms with Crippen molar-refractivity contribution in [1.82, 2.24) is 0 Å². The summed E-state index contributed by atoms with van der Waals surface area (Å²) in [6.45, 7) is 1.87. The Kier molecular flexibility index (Phi) is 10.8. The highest BCUT2D eigenvalue weighted by Gasteiger charge is 2.35. The monoisotopic (exact) mass is 511 g/mol. The molecule has 0 aromatic heterocycles. The van der Waals surface area contributed by atoms with Crippen LogP contribution in [-0.4, -0.2) is 45.6 Å². The van der Waals surface area contributed by atoms with Gasteiger partial charge in [0.1, 0.15) is 10.8 Å². The lowest BCUT2D eigenvalue weighted by Gasteiger charge is -2.19. The van der Waals surface area contributed by atoms with E-state index in [1.807, 2.05) is 0 Å². The Labute approximate surface area is 195 Å². The number of unbranched alkanes of at least 4 members (excludes halogenated alkanes) is 5. The lowest BCUT2D eigenvalue weighted by atomic mass is 10.1. The smallest absolute Gasteiger partial charge is 0.469 e. The summed E-state index contributed by atoms with van der Waals surface area (Å²) in [4.78, 5) is 17.5. The minimum absolute atomic E-state index is 0.197. The number of hydrogen-bond acceptors (Lipinski definition) is 7. The van der Waals surface area contributed by atoms with Gasteiger partial charge in [0.15, 0.2) is 0 Å². The molecule has 4 N–H and O–H groups in total. The van der Waals surface area contributed by atoms with E-state index in [0.717, 1.165) is 49.9 Å². The van der Waals surface area contributed by atoms with E-state index in [1.165, 1.54) is 12.1 Å². The Morgan fingerprint density at radius 1 is 1.18 bits per heavy atom. The Hall–Kier alpha value is -1.43. The number of alkyl halides is 3. The highest BCUT2D eigenvalue weighted by atomic mass is 32.2. The number of benzene rings is 1. The second kappa shape index (κ2) is 12.9. The van der Waals surface area contributed by atoms with Crippen LogP contribution in [0.2, 0.25) is 0 Å². The summed E-state index contributed by atoms with van der Waals surface area (Å²) in [6, 6.07) is 2.87. The Balaban J connectivity index is 2.05. The van der Waals surface area contributed by atoms with Crippen LogP contribution in [0.5, 0.6) is 5.75 Å². The number of thioether (sulfide) groups is 1. The van der Waals surface area contributed by atoms with Gasteiger partial charge in [0.25, 0.3) is 0 Å². The summed E-state index contributed by atoms with van der Waals surface area (Å²) in [5, 5.41) is 8.12. The quantitative estimate of drug-likeness (QED) is 0.258. The predicted octanol–water partition coefficient (Wildman–Crippen LogP) is 4.73. The first-order valence-electron chi connectivity index (χ1n) is 10.6. The number of halogens is 3. The highest BCUT2D eigenvalue weighted by Crippen LogP contribution is 2.38. The molecular weight excluding hydrogens is 482 g/mol. The molecule has 1 aliphatic rings. The van der Waals surface area contributed by atoms with Crippen LogP contribution in [0.15, 0.2) is 28.4 Å². The SMILES string of the molecule is CCCCCCCCOc1ccc(C2=NN=C(C(N)COP(=O)(O)O)CS2)cc1C(F)(F)F. The van der Waals surface area contributed by atoms with Crippen LogP contribution < -0.4 is 10.5 Å². The standard InChI is InChI=1S/C20H29F3N3O5PS/c1-2-3-4-5-6-7-10-30-18-9-8-14(11-15(18)20(21,22)23)19-26-25-17(13-33-19)16(24)12-31-32(27,28)29/h8-9,11,16H,2-7,10,12-13,24H2,1H3,(H2,27,28,29). The molecule has 2 rings (SSSR count). The largest absolute Gasteiger partial charge is 0.493 e. The summed E-state index contributed by atoms with van der Waals surface area (Å²) < 4.78 is 61.4. The van der Waals surface area contributed by atoms with Gasteiger partial charge in [-0.05, 0) is 24.6 Å². The molecule has 1 heterocycles. The van der Waals surface area contributed by atoms with Crippen LogP contribution in [0, 0.1) is 0 Å². The van der Waals surface area contributed by atoms with E-state index < -0.39 is 32.2 Å². The number of phosphoric acid groups is 1. The van der Waals surface area contributed by atoms with E-state index in [1.54, 1.807) is 0 Å². The number of rotatable bonds is 13. The van der Waals surface area contributed by atoms with Gasteiger partial charge >= 0.3 is 14.0 Å². The molecule has 13 heteroatoms. The molecule has 1 aromatic carbocycles. The molecule has 186 valence electrons. The third-order valence-electron chi connectivity index (χ3n) is 4.76. The summed E-state index contributed by atoms with van der Waals surface area (Å²) in [6.07, 6.45) is 1.45. The van der Waals surface area contributed by atoms with E-state index >= 15 is 0 Å². The van der Waals surface area contributed by atoms with Crippen molar-refractivity contribution >= 4 is 30.3 Å². The van der Waals surface area contributed by atoms with Crippen LogP contribution in [0.25, 0.3) is 0 Å². The fraction of sp³-hybridized carbons (Fsp3) is 0.600. The fourth-order valence-electron chi connectivity index (χ4n) is 2.98. The zero-order valence-corrected chi connectivity index (χ0v) is 20.0. The predicted molar refractivity (Wildman–Crippen MR) is 123 cm³/mol. The second-order valence-corrected chi connectivity index (χ2v) is 9.71. The topological polar surface area (TPSA) is 127 Å². The fourth-order valence-corrected chi connectivity index (χ4v) is 4.28. The Morgan fingerprint density at radius 2 is 1.88 bits per heavy atom. The van der Waals surface area contributed by atoms with E-state index in [-0.39, 0.29) is 28.7 Å². The molecule has 0 aliphatic carbocycles. The Morgan fingerprint density at radius 3 is 2.48 bits per heavy atom. The van der Waals surface area contributed by atoms with Gasteiger partial charge in [-0.2, -0.15) is 18.3 Å². The maximum absolute atomic E-state index is 13.6. The average molecular weight is 512 g/mol. The number of nitrogens with two attached hydrogens (primary N) is 1. The number of phosphoric ester groups is 1. The summed E-state index contributed by atoms with van der Waals surface area (Å²) in [5.41, 5.74) is 5.46. The second-order valence-electron chi connectivity index (χ2n) is 7.50. The van der Waals surface area contributed by atoms with Crippen molar-refractivity contribution < 1.29 is 36.8 Å². The van der Waals surface area contributed by atoms with E-state index in [9.17, 15) is 17.7 Å². The maximum atomic E-state index is 13.6. The Bertz CT molecular complexity index is 892. The van der Waals surface area contributed by atoms with Crippen LogP contribution in [0.3, 0.4) is 0 Å². The normalized spacial score (nSPS) is 15.7. The molecule has 0 amide bonds. The lowest BCUT2D eigenvalue weighted by molar-refractivity contribution is -0.139. The van der Waals surface area contributed by atoms with Gasteiger partial charge < -0.3 is 20.3 Å². The highest BCUT2D eigenvalue weighted by molar-refractivity contribution is 8.15. The lowest BCUT2D eigenvalue weighted by Crippen LogP contribution is -2.37. The molecule has 0 bridgehead atoms. The molecule has 33 heavy (non-hydrogen) atoms. The molecule has 1 aromatic rings. The van der Waals surface area contributed by atoms with Crippen LogP contribution in [-0.2, 0) is 15.3 Å². The third-order valence-corrected chi connectivity index (χ3v) is 6.28. The molecule has 0 saturated heterocycles. The molecule has 0 saturated carbocycles. The van der Waals surface area contributed by atoms with Gasteiger partial charge in [-0.1, -0.05) is 50.8 Å². The van der Waals surface area contributed by atoms with Gasteiger partial charge in [0, 0.05) is 11.3 Å². The summed E-state index contributed by atoms with van der Waals surface area (Å²) in [7, 11) is -4.67. The minimum atomic E-state index is -4.67. The van der Waals surface area contributed by atoms with E-state index in [2.05, 4.69) is 21.7 Å². The molecule has 0 fully saturated rings. The van der Waals surface area contributed by atoms with Gasteiger partial charge in [0.2, 0.25) is 0 Å². The van der Waals surface area contributed by atoms with Crippen molar-refractivity contribution in [2.75, 3.05) is 19.0 Å². The van der Waals surface area contributed by atoms with Crippen molar-refractivity contribution in [2.24, 2.45) is 15.9 Å². The van der Waals surface area contributed by atoms with Crippen molar-refractivity contribution in [3.63, 3.8) is 0 Å². The average Bonchev–Trinajstić information content (AvgIpc) is 2.76. The zero-order chi connectivity index (χ0) is 24.5. The number of ether oxygens (including phenoxy) is 1. The molecule has 8 nitrogen and oxygen atoms in total. The molecule has 0 radical (unpaired) electrons. The van der Waals surface area contributed by atoms with Crippen LogP contribution >= 0.6 is 19.6 Å². The van der Waals surface area contributed by atoms with E-state index in [4.69, 9.17) is 20.3 Å². The number of hydrogen-bond donors (Lipinski definition) is 3. The van der Waals surface area contributed by atoms with Crippen LogP contribution in [0.1, 0.15) is 56.6 Å². The molecule has 1 unspecified atom stereocenters. The maximum Gasteiger partial charge on any atom is 0.469 e.